The molecule has 1 nitrogen and oxygen atoms in total. The molecule has 1 atom stereocenters. The molecule has 0 saturated carbocycles. The lowest BCUT2D eigenvalue weighted by molar-refractivity contribution is 0.618. The lowest BCUT2D eigenvalue weighted by Crippen LogP contribution is -2.21. The van der Waals surface area contributed by atoms with E-state index in [4.69, 9.17) is 0 Å². The van der Waals surface area contributed by atoms with Crippen molar-refractivity contribution in [3.63, 3.8) is 0 Å². The summed E-state index contributed by atoms with van der Waals surface area (Å²) in [5, 5.41) is 3.17. The van der Waals surface area contributed by atoms with E-state index in [0.29, 0.717) is 11.6 Å². The molecule has 0 radical (unpaired) electrons. The molecule has 0 bridgehead atoms. The highest BCUT2D eigenvalue weighted by atomic mass is 19.1. The van der Waals surface area contributed by atoms with Gasteiger partial charge in [0.2, 0.25) is 0 Å². The van der Waals surface area contributed by atoms with E-state index in [-0.39, 0.29) is 5.82 Å². The second-order valence-corrected chi connectivity index (χ2v) is 3.91. The SMILES string of the molecule is CNC(C)/C(C)=C/c1ccc(F)c(C)c1. The van der Waals surface area contributed by atoms with Crippen molar-refractivity contribution in [2.75, 3.05) is 7.05 Å². The molecule has 1 unspecified atom stereocenters. The minimum absolute atomic E-state index is 0.147. The summed E-state index contributed by atoms with van der Waals surface area (Å²) >= 11 is 0. The lowest BCUT2D eigenvalue weighted by atomic mass is 10.1. The maximum Gasteiger partial charge on any atom is 0.126 e. The molecule has 0 aliphatic rings. The molecule has 0 saturated heterocycles. The van der Waals surface area contributed by atoms with Crippen molar-refractivity contribution < 1.29 is 4.39 Å². The second-order valence-electron chi connectivity index (χ2n) is 3.91. The number of likely N-dealkylation sites (N-methyl/N-ethyl adjacent to an activating group) is 1. The van der Waals surface area contributed by atoms with Gasteiger partial charge in [0, 0.05) is 6.04 Å². The van der Waals surface area contributed by atoms with Crippen LogP contribution in [-0.2, 0) is 0 Å². The Kier molecular flexibility index (Phi) is 4.04. The Morgan fingerprint density at radius 3 is 2.67 bits per heavy atom. The molecule has 1 rings (SSSR count). The molecule has 0 spiro atoms. The van der Waals surface area contributed by atoms with E-state index in [0.717, 1.165) is 5.56 Å². The monoisotopic (exact) mass is 207 g/mol. The highest BCUT2D eigenvalue weighted by Gasteiger charge is 2.01. The zero-order chi connectivity index (χ0) is 11.4. The van der Waals surface area contributed by atoms with Crippen LogP contribution >= 0.6 is 0 Å². The number of aryl methyl sites for hydroxylation is 1. The van der Waals surface area contributed by atoms with E-state index < -0.39 is 0 Å². The summed E-state index contributed by atoms with van der Waals surface area (Å²) in [5.41, 5.74) is 2.98. The van der Waals surface area contributed by atoms with Gasteiger partial charge in [-0.05, 0) is 51.1 Å². The Balaban J connectivity index is 2.93. The van der Waals surface area contributed by atoms with Gasteiger partial charge >= 0.3 is 0 Å². The number of hydrogen-bond donors (Lipinski definition) is 1. The fourth-order valence-corrected chi connectivity index (χ4v) is 1.37. The van der Waals surface area contributed by atoms with Gasteiger partial charge in [0.1, 0.15) is 5.82 Å². The van der Waals surface area contributed by atoms with Crippen molar-refractivity contribution in [2.45, 2.75) is 26.8 Å². The van der Waals surface area contributed by atoms with Crippen LogP contribution < -0.4 is 5.32 Å². The topological polar surface area (TPSA) is 12.0 Å². The maximum atomic E-state index is 13.0. The first-order valence-electron chi connectivity index (χ1n) is 5.16. The summed E-state index contributed by atoms with van der Waals surface area (Å²) in [5.74, 6) is -0.147. The Morgan fingerprint density at radius 2 is 2.13 bits per heavy atom. The van der Waals surface area contributed by atoms with Crippen LogP contribution in [0, 0.1) is 12.7 Å². The summed E-state index contributed by atoms with van der Waals surface area (Å²) in [6.07, 6.45) is 2.08. The summed E-state index contributed by atoms with van der Waals surface area (Å²) in [4.78, 5) is 0. The summed E-state index contributed by atoms with van der Waals surface area (Å²) in [6.45, 7) is 5.95. The summed E-state index contributed by atoms with van der Waals surface area (Å²) in [7, 11) is 1.93. The van der Waals surface area contributed by atoms with Crippen molar-refractivity contribution in [2.24, 2.45) is 0 Å². The smallest absolute Gasteiger partial charge is 0.126 e. The number of rotatable bonds is 3. The Morgan fingerprint density at radius 1 is 1.47 bits per heavy atom. The van der Waals surface area contributed by atoms with Gasteiger partial charge in [0.15, 0.2) is 0 Å². The van der Waals surface area contributed by atoms with Gasteiger partial charge in [0.25, 0.3) is 0 Å². The average molecular weight is 207 g/mol. The Bertz CT molecular complexity index is 369. The van der Waals surface area contributed by atoms with Crippen LogP contribution in [0.5, 0.6) is 0 Å². The largest absolute Gasteiger partial charge is 0.314 e. The first kappa shape index (κ1) is 11.9. The molecule has 1 N–H and O–H groups in total. The zero-order valence-corrected chi connectivity index (χ0v) is 9.76. The van der Waals surface area contributed by atoms with Gasteiger partial charge < -0.3 is 5.32 Å². The van der Waals surface area contributed by atoms with Crippen LogP contribution in [0.3, 0.4) is 0 Å². The van der Waals surface area contributed by atoms with Crippen LogP contribution in [0.2, 0.25) is 0 Å². The fourth-order valence-electron chi connectivity index (χ4n) is 1.37. The molecule has 0 aromatic heterocycles. The van der Waals surface area contributed by atoms with Gasteiger partial charge in [-0.2, -0.15) is 0 Å². The molecule has 1 aromatic carbocycles. The molecule has 0 aliphatic heterocycles. The van der Waals surface area contributed by atoms with Crippen molar-refractivity contribution in [3.05, 3.63) is 40.7 Å². The second kappa shape index (κ2) is 5.08. The standard InChI is InChI=1S/C13H18FN/c1-9(11(3)15-4)7-12-5-6-13(14)10(2)8-12/h5-8,11,15H,1-4H3/b9-7+. The van der Waals surface area contributed by atoms with Crippen LogP contribution in [0.4, 0.5) is 4.39 Å². The predicted molar refractivity (Wildman–Crippen MR) is 63.3 cm³/mol. The van der Waals surface area contributed by atoms with E-state index in [9.17, 15) is 4.39 Å². The van der Waals surface area contributed by atoms with Gasteiger partial charge in [-0.15, -0.1) is 0 Å². The Labute approximate surface area is 91.0 Å². The third-order valence-electron chi connectivity index (χ3n) is 2.69. The highest BCUT2D eigenvalue weighted by molar-refractivity contribution is 5.54. The Hall–Kier alpha value is -1.15. The van der Waals surface area contributed by atoms with Gasteiger partial charge in [0.05, 0.1) is 0 Å². The van der Waals surface area contributed by atoms with Crippen molar-refractivity contribution in [1.82, 2.24) is 5.32 Å². The molecular weight excluding hydrogens is 189 g/mol. The molecular formula is C13H18FN. The van der Waals surface area contributed by atoms with Crippen molar-refractivity contribution >= 4 is 6.08 Å². The molecule has 15 heavy (non-hydrogen) atoms. The molecule has 0 heterocycles. The third kappa shape index (κ3) is 3.17. The van der Waals surface area contributed by atoms with Gasteiger partial charge in [-0.25, -0.2) is 4.39 Å². The molecule has 0 fully saturated rings. The summed E-state index contributed by atoms with van der Waals surface area (Å²) < 4.78 is 13.0. The van der Waals surface area contributed by atoms with Crippen molar-refractivity contribution in [1.29, 1.82) is 0 Å². The average Bonchev–Trinajstić information content (AvgIpc) is 2.22. The van der Waals surface area contributed by atoms with E-state index in [1.54, 1.807) is 13.0 Å². The first-order chi connectivity index (χ1) is 7.04. The predicted octanol–water partition coefficient (Wildman–Crippen LogP) is 3.15. The fraction of sp³-hybridized carbons (Fsp3) is 0.385. The van der Waals surface area contributed by atoms with Crippen LogP contribution in [0.1, 0.15) is 25.0 Å². The normalized spacial score (nSPS) is 14.1. The van der Waals surface area contributed by atoms with E-state index in [1.807, 2.05) is 13.1 Å². The van der Waals surface area contributed by atoms with E-state index in [1.165, 1.54) is 11.6 Å². The minimum Gasteiger partial charge on any atom is -0.314 e. The number of benzene rings is 1. The maximum absolute atomic E-state index is 13.0. The highest BCUT2D eigenvalue weighted by Crippen LogP contribution is 2.13. The van der Waals surface area contributed by atoms with E-state index >= 15 is 0 Å². The van der Waals surface area contributed by atoms with Gasteiger partial charge in [-0.1, -0.05) is 17.7 Å². The number of halogens is 1. The van der Waals surface area contributed by atoms with Crippen LogP contribution in [-0.4, -0.2) is 13.1 Å². The molecule has 2 heteroatoms. The van der Waals surface area contributed by atoms with Gasteiger partial charge in [-0.3, -0.25) is 0 Å². The third-order valence-corrected chi connectivity index (χ3v) is 2.69. The first-order valence-corrected chi connectivity index (χ1v) is 5.16. The molecule has 0 aliphatic carbocycles. The molecule has 1 aromatic rings. The molecule has 82 valence electrons. The molecule has 0 amide bonds. The van der Waals surface area contributed by atoms with Crippen LogP contribution in [0.25, 0.3) is 6.08 Å². The quantitative estimate of drug-likeness (QED) is 0.803. The van der Waals surface area contributed by atoms with Crippen LogP contribution in [0.15, 0.2) is 23.8 Å². The summed E-state index contributed by atoms with van der Waals surface area (Å²) in [6, 6.07) is 5.52. The van der Waals surface area contributed by atoms with Crippen molar-refractivity contribution in [3.8, 4) is 0 Å². The lowest BCUT2D eigenvalue weighted by Gasteiger charge is -2.10. The number of nitrogens with one attached hydrogen (secondary N) is 1. The zero-order valence-electron chi connectivity index (χ0n) is 9.76. The number of hydrogen-bond acceptors (Lipinski definition) is 1. The minimum atomic E-state index is -0.147. The van der Waals surface area contributed by atoms with E-state index in [2.05, 4.69) is 25.2 Å².